The van der Waals surface area contributed by atoms with E-state index in [-0.39, 0.29) is 26.5 Å². The van der Waals surface area contributed by atoms with Crippen molar-refractivity contribution in [2.75, 3.05) is 0 Å². The van der Waals surface area contributed by atoms with Gasteiger partial charge in [-0.05, 0) is 87.1 Å². The van der Waals surface area contributed by atoms with E-state index in [9.17, 15) is 0 Å². The number of imidazole rings is 1. The van der Waals surface area contributed by atoms with Gasteiger partial charge in [-0.1, -0.05) is 154 Å². The van der Waals surface area contributed by atoms with Gasteiger partial charge < -0.3 is 9.55 Å². The number of fused-ring (bicyclic) bond motifs is 7. The van der Waals surface area contributed by atoms with Crippen molar-refractivity contribution in [2.45, 2.75) is 46.0 Å². The number of para-hydroxylation sites is 3. The summed E-state index contributed by atoms with van der Waals surface area (Å²) in [6, 6.07) is 60.3. The van der Waals surface area contributed by atoms with Gasteiger partial charge in [-0.3, -0.25) is 4.57 Å². The van der Waals surface area contributed by atoms with Crippen molar-refractivity contribution in [3.63, 3.8) is 0 Å². The molecule has 0 fully saturated rings. The van der Waals surface area contributed by atoms with Crippen molar-refractivity contribution in [1.82, 2.24) is 24.1 Å². The average molecular weight is 969 g/mol. The number of pyridine rings is 1. The minimum absolute atomic E-state index is 0. The molecule has 0 atom stereocenters. The SMILES string of the molecule is Cc1ccc(-c2[c-]c3c(cc2)c2ccc(C(C)(C)c4ccccc4)cc2n3-c2cc(C(C)C)ccn2)c2nc(-c3cccc4c3[n-]c3ccccc34)n(-c3ccccc3)c12.[Pt+2]. The zero-order valence-corrected chi connectivity index (χ0v) is 37.0. The molecule has 11 aromatic rings. The number of hydrogen-bond acceptors (Lipinski definition) is 2. The van der Waals surface area contributed by atoms with E-state index < -0.39 is 0 Å². The first-order valence-corrected chi connectivity index (χ1v) is 20.8. The first-order chi connectivity index (χ1) is 29.3. The molecule has 0 aliphatic carbocycles. The molecular formula is C55H43N5Pt. The smallest absolute Gasteiger partial charge is 0.656 e. The van der Waals surface area contributed by atoms with Crippen LogP contribution in [-0.4, -0.2) is 19.1 Å². The number of aryl methyl sites for hydroxylation is 1. The fraction of sp³-hybridized carbons (Fsp3) is 0.127. The Morgan fingerprint density at radius 1 is 0.639 bits per heavy atom. The molecule has 6 heteroatoms. The van der Waals surface area contributed by atoms with Gasteiger partial charge in [-0.15, -0.1) is 34.8 Å². The van der Waals surface area contributed by atoms with Crippen LogP contribution in [0, 0.1) is 13.0 Å². The van der Waals surface area contributed by atoms with Crippen LogP contribution in [0.4, 0.5) is 0 Å². The van der Waals surface area contributed by atoms with Crippen LogP contribution >= 0.6 is 0 Å². The summed E-state index contributed by atoms with van der Waals surface area (Å²) in [5, 5.41) is 4.58. The van der Waals surface area contributed by atoms with Crippen LogP contribution in [0.2, 0.25) is 0 Å². The number of aromatic nitrogens is 5. The largest absolute Gasteiger partial charge is 2.00 e. The summed E-state index contributed by atoms with van der Waals surface area (Å²) in [5.41, 5.74) is 14.8. The quantitative estimate of drug-likeness (QED) is 0.150. The Bertz CT molecular complexity index is 3440. The Balaban J connectivity index is 0.00000445. The molecule has 298 valence electrons. The zero-order chi connectivity index (χ0) is 40.7. The van der Waals surface area contributed by atoms with Gasteiger partial charge in [0.05, 0.1) is 11.0 Å². The molecule has 4 aromatic heterocycles. The summed E-state index contributed by atoms with van der Waals surface area (Å²) in [6.07, 6.45) is 1.94. The number of nitrogens with zero attached hydrogens (tertiary/aromatic N) is 5. The number of benzene rings is 7. The molecule has 0 amide bonds. The molecule has 11 rings (SSSR count). The van der Waals surface area contributed by atoms with E-state index in [0.717, 1.165) is 88.8 Å². The first kappa shape index (κ1) is 38.6. The summed E-state index contributed by atoms with van der Waals surface area (Å²) in [5.74, 6) is 2.10. The van der Waals surface area contributed by atoms with Crippen molar-refractivity contribution in [2.24, 2.45) is 0 Å². The topological polar surface area (TPSA) is 49.7 Å². The third-order valence-electron chi connectivity index (χ3n) is 12.6. The van der Waals surface area contributed by atoms with Crippen molar-refractivity contribution in [3.05, 3.63) is 192 Å². The van der Waals surface area contributed by atoms with E-state index in [1.807, 2.05) is 6.20 Å². The van der Waals surface area contributed by atoms with Crippen molar-refractivity contribution < 1.29 is 21.1 Å². The maximum Gasteiger partial charge on any atom is 2.00 e. The summed E-state index contributed by atoms with van der Waals surface area (Å²) in [6.45, 7) is 11.3. The van der Waals surface area contributed by atoms with Gasteiger partial charge in [0, 0.05) is 28.4 Å². The van der Waals surface area contributed by atoms with Crippen LogP contribution in [0.3, 0.4) is 0 Å². The van der Waals surface area contributed by atoms with Gasteiger partial charge in [-0.2, -0.15) is 0 Å². The number of hydrogen-bond donors (Lipinski definition) is 0. The van der Waals surface area contributed by atoms with Crippen LogP contribution in [0.1, 0.15) is 55.9 Å². The van der Waals surface area contributed by atoms with Gasteiger partial charge in [0.15, 0.2) is 0 Å². The van der Waals surface area contributed by atoms with Gasteiger partial charge >= 0.3 is 21.1 Å². The zero-order valence-electron chi connectivity index (χ0n) is 34.7. The monoisotopic (exact) mass is 968 g/mol. The Kier molecular flexibility index (Phi) is 9.42. The van der Waals surface area contributed by atoms with Crippen LogP contribution in [-0.2, 0) is 26.5 Å². The molecule has 0 saturated heterocycles. The average Bonchev–Trinajstić information content (AvgIpc) is 3.97. The standard InChI is InChI=1S/C55H43N5.Pt/c1-34(2)36-29-30-56-50(32-36)60-48-31-37(24-27-43(48)44-28-25-39(33-49(44)60)55(4,5)38-15-8-6-9-16-38)41-26-23-35(3)53-52(41)58-54(59(53)40-17-10-7-11-18-40)46-21-14-20-45-42-19-12-13-22-47(42)57-51(45)46;/h6-30,32-34H,1-5H3;/q-2;+2. The molecule has 0 N–H and O–H groups in total. The minimum Gasteiger partial charge on any atom is -0.656 e. The van der Waals surface area contributed by atoms with Gasteiger partial charge in [0.1, 0.15) is 11.6 Å². The van der Waals surface area contributed by atoms with E-state index in [0.29, 0.717) is 5.92 Å². The Morgan fingerprint density at radius 2 is 1.38 bits per heavy atom. The molecule has 0 bridgehead atoms. The Morgan fingerprint density at radius 3 is 2.18 bits per heavy atom. The van der Waals surface area contributed by atoms with Crippen LogP contribution < -0.4 is 4.98 Å². The summed E-state index contributed by atoms with van der Waals surface area (Å²) in [7, 11) is 0. The van der Waals surface area contributed by atoms with E-state index in [1.54, 1.807) is 0 Å². The molecular weight excluding hydrogens is 926 g/mol. The summed E-state index contributed by atoms with van der Waals surface area (Å²) >= 11 is 0. The first-order valence-electron chi connectivity index (χ1n) is 20.8. The molecule has 0 unspecified atom stereocenters. The second-order valence-electron chi connectivity index (χ2n) is 16.9. The summed E-state index contributed by atoms with van der Waals surface area (Å²) in [4.78, 5) is 15.8. The van der Waals surface area contributed by atoms with Crippen molar-refractivity contribution in [1.29, 1.82) is 0 Å². The maximum atomic E-state index is 5.60. The van der Waals surface area contributed by atoms with Crippen LogP contribution in [0.15, 0.2) is 164 Å². The van der Waals surface area contributed by atoms with Gasteiger partial charge in [0.25, 0.3) is 0 Å². The van der Waals surface area contributed by atoms with Gasteiger partial charge in [0.2, 0.25) is 0 Å². The third-order valence-corrected chi connectivity index (χ3v) is 12.6. The minimum atomic E-state index is -0.212. The Hall–Kier alpha value is -6.55. The predicted octanol–water partition coefficient (Wildman–Crippen LogP) is 13.7. The normalized spacial score (nSPS) is 12.0. The molecule has 5 nitrogen and oxygen atoms in total. The second kappa shape index (κ2) is 14.9. The van der Waals surface area contributed by atoms with Crippen LogP contribution in [0.25, 0.3) is 88.7 Å². The van der Waals surface area contributed by atoms with Crippen LogP contribution in [0.5, 0.6) is 0 Å². The van der Waals surface area contributed by atoms with E-state index >= 15 is 0 Å². The number of rotatable bonds is 7. The molecule has 4 heterocycles. The van der Waals surface area contributed by atoms with E-state index in [2.05, 4.69) is 208 Å². The second-order valence-corrected chi connectivity index (χ2v) is 16.9. The molecule has 61 heavy (non-hydrogen) atoms. The van der Waals surface area contributed by atoms with E-state index in [1.165, 1.54) is 22.1 Å². The summed E-state index contributed by atoms with van der Waals surface area (Å²) < 4.78 is 4.63. The molecule has 0 aliphatic heterocycles. The van der Waals surface area contributed by atoms with Crippen molar-refractivity contribution >= 4 is 54.6 Å². The molecule has 0 radical (unpaired) electrons. The molecule has 0 aliphatic rings. The fourth-order valence-corrected chi connectivity index (χ4v) is 9.21. The molecule has 0 saturated carbocycles. The third kappa shape index (κ3) is 6.17. The van der Waals surface area contributed by atoms with Gasteiger partial charge in [-0.25, -0.2) is 9.97 Å². The maximum absolute atomic E-state index is 5.60. The molecule has 0 spiro atoms. The predicted molar refractivity (Wildman–Crippen MR) is 249 cm³/mol. The van der Waals surface area contributed by atoms with E-state index in [4.69, 9.17) is 15.0 Å². The van der Waals surface area contributed by atoms with Crippen molar-refractivity contribution in [3.8, 4) is 34.0 Å². The Labute approximate surface area is 370 Å². The fourth-order valence-electron chi connectivity index (χ4n) is 9.21. The molecule has 7 aromatic carbocycles.